The molecule has 1 unspecified atom stereocenters. The van der Waals surface area contributed by atoms with Crippen LogP contribution in [0.3, 0.4) is 0 Å². The Morgan fingerprint density at radius 3 is 2.80 bits per heavy atom. The molecule has 2 N–H and O–H groups in total. The van der Waals surface area contributed by atoms with Gasteiger partial charge in [-0.15, -0.1) is 0 Å². The van der Waals surface area contributed by atoms with Crippen molar-refractivity contribution in [1.82, 2.24) is 10.2 Å². The van der Waals surface area contributed by atoms with Gasteiger partial charge in [0.05, 0.1) is 0 Å². The Hall–Kier alpha value is -2.04. The second-order valence-electron chi connectivity index (χ2n) is 5.38. The van der Waals surface area contributed by atoms with Crippen molar-refractivity contribution in [3.8, 4) is 5.75 Å². The summed E-state index contributed by atoms with van der Waals surface area (Å²) in [5.74, 6) is 0.00697. The zero-order chi connectivity index (χ0) is 14.8. The summed E-state index contributed by atoms with van der Waals surface area (Å²) in [6, 6.07) is 6.83. The number of hydrogen-bond acceptors (Lipinski definition) is 3. The van der Waals surface area contributed by atoms with E-state index in [-0.39, 0.29) is 17.6 Å². The molecule has 0 aliphatic carbocycles. The van der Waals surface area contributed by atoms with Crippen LogP contribution in [0.2, 0.25) is 0 Å². The summed E-state index contributed by atoms with van der Waals surface area (Å²) in [6.07, 6.45) is 0.855. The highest BCUT2D eigenvalue weighted by atomic mass is 16.3. The molecule has 20 heavy (non-hydrogen) atoms. The minimum Gasteiger partial charge on any atom is -0.508 e. The Morgan fingerprint density at radius 2 is 2.15 bits per heavy atom. The second-order valence-corrected chi connectivity index (χ2v) is 5.38. The van der Waals surface area contributed by atoms with Gasteiger partial charge in [-0.3, -0.25) is 9.59 Å². The summed E-state index contributed by atoms with van der Waals surface area (Å²) in [4.78, 5) is 26.0. The van der Waals surface area contributed by atoms with E-state index in [2.05, 4.69) is 5.32 Å². The molecule has 2 amide bonds. The number of phenolic OH excluding ortho intramolecular Hbond substituents is 1. The van der Waals surface area contributed by atoms with Gasteiger partial charge in [0.2, 0.25) is 11.8 Å². The number of carbonyl (C=O) groups is 2. The van der Waals surface area contributed by atoms with E-state index < -0.39 is 5.54 Å². The van der Waals surface area contributed by atoms with Crippen molar-refractivity contribution in [2.24, 2.45) is 0 Å². The summed E-state index contributed by atoms with van der Waals surface area (Å²) in [5, 5.41) is 12.3. The summed E-state index contributed by atoms with van der Waals surface area (Å²) in [6.45, 7) is 4.44. The molecule has 1 aromatic rings. The van der Waals surface area contributed by atoms with E-state index in [0.717, 1.165) is 5.56 Å². The summed E-state index contributed by atoms with van der Waals surface area (Å²) in [7, 11) is 0. The van der Waals surface area contributed by atoms with Crippen molar-refractivity contribution < 1.29 is 14.7 Å². The van der Waals surface area contributed by atoms with Crippen LogP contribution in [0.25, 0.3) is 0 Å². The van der Waals surface area contributed by atoms with Crippen LogP contribution in [-0.2, 0) is 16.1 Å². The molecule has 5 nitrogen and oxygen atoms in total. The molecule has 0 radical (unpaired) electrons. The molecule has 1 heterocycles. The normalized spacial score (nSPS) is 23.4. The van der Waals surface area contributed by atoms with Gasteiger partial charge in [0, 0.05) is 19.5 Å². The maximum Gasteiger partial charge on any atom is 0.248 e. The summed E-state index contributed by atoms with van der Waals surface area (Å²) in [5.41, 5.74) is 0.0101. The predicted molar refractivity (Wildman–Crippen MR) is 75.0 cm³/mol. The van der Waals surface area contributed by atoms with E-state index in [4.69, 9.17) is 0 Å². The molecule has 0 saturated carbocycles. The molecule has 0 bridgehead atoms. The van der Waals surface area contributed by atoms with Gasteiger partial charge in [0.15, 0.2) is 0 Å². The number of amides is 2. The number of carbonyl (C=O) groups excluding carboxylic acids is 2. The highest BCUT2D eigenvalue weighted by Crippen LogP contribution is 2.20. The lowest BCUT2D eigenvalue weighted by Gasteiger charge is -2.31. The first-order valence-electron chi connectivity index (χ1n) is 6.83. The van der Waals surface area contributed by atoms with Crippen LogP contribution in [0.4, 0.5) is 0 Å². The van der Waals surface area contributed by atoms with Crippen LogP contribution in [0.5, 0.6) is 5.75 Å². The smallest absolute Gasteiger partial charge is 0.248 e. The van der Waals surface area contributed by atoms with Crippen LogP contribution < -0.4 is 5.32 Å². The number of phenols is 1. The first-order chi connectivity index (χ1) is 9.44. The minimum atomic E-state index is -0.843. The van der Waals surface area contributed by atoms with Gasteiger partial charge in [0.1, 0.15) is 11.3 Å². The first-order valence-corrected chi connectivity index (χ1v) is 6.83. The lowest BCUT2D eigenvalue weighted by Crippen LogP contribution is -2.54. The van der Waals surface area contributed by atoms with Crippen LogP contribution in [0.1, 0.15) is 32.3 Å². The van der Waals surface area contributed by atoms with Gasteiger partial charge < -0.3 is 15.3 Å². The molecule has 1 aliphatic rings. The van der Waals surface area contributed by atoms with Gasteiger partial charge in [-0.25, -0.2) is 0 Å². The molecule has 1 aromatic carbocycles. The third kappa shape index (κ3) is 2.92. The van der Waals surface area contributed by atoms with Gasteiger partial charge in [-0.05, 0) is 31.0 Å². The molecule has 1 aliphatic heterocycles. The van der Waals surface area contributed by atoms with E-state index in [1.807, 2.05) is 13.0 Å². The average Bonchev–Trinajstić information content (AvgIpc) is 2.51. The number of nitrogens with one attached hydrogen (secondary N) is 1. The molecule has 1 fully saturated rings. The quantitative estimate of drug-likeness (QED) is 0.877. The van der Waals surface area contributed by atoms with Crippen LogP contribution in [0, 0.1) is 0 Å². The molecule has 0 aromatic heterocycles. The Morgan fingerprint density at radius 1 is 1.40 bits per heavy atom. The second kappa shape index (κ2) is 5.53. The lowest BCUT2D eigenvalue weighted by atomic mass is 9.97. The van der Waals surface area contributed by atoms with Crippen molar-refractivity contribution in [1.29, 1.82) is 0 Å². The molecule has 5 heteroatoms. The van der Waals surface area contributed by atoms with Gasteiger partial charge in [0.25, 0.3) is 0 Å². The van der Waals surface area contributed by atoms with E-state index >= 15 is 0 Å². The molecule has 1 saturated heterocycles. The van der Waals surface area contributed by atoms with Crippen LogP contribution in [0.15, 0.2) is 24.3 Å². The van der Waals surface area contributed by atoms with E-state index in [9.17, 15) is 14.7 Å². The van der Waals surface area contributed by atoms with Gasteiger partial charge in [-0.2, -0.15) is 0 Å². The largest absolute Gasteiger partial charge is 0.508 e. The molecular weight excluding hydrogens is 256 g/mol. The minimum absolute atomic E-state index is 0.0748. The number of aromatic hydroxyl groups is 1. The summed E-state index contributed by atoms with van der Waals surface area (Å²) >= 11 is 0. The van der Waals surface area contributed by atoms with E-state index in [1.54, 1.807) is 30.0 Å². The molecular formula is C15H20N2O3. The Balaban J connectivity index is 2.22. The Labute approximate surface area is 118 Å². The van der Waals surface area contributed by atoms with Crippen LogP contribution >= 0.6 is 0 Å². The van der Waals surface area contributed by atoms with Crippen molar-refractivity contribution in [2.75, 3.05) is 6.54 Å². The topological polar surface area (TPSA) is 69.6 Å². The summed E-state index contributed by atoms with van der Waals surface area (Å²) < 4.78 is 0. The standard InChI is InChI=1S/C15H20N2O3/c1-3-15(2)14(20)17(8-7-13(19)16-15)10-11-5-4-6-12(18)9-11/h4-6,9,18H,3,7-8,10H2,1-2H3,(H,16,19). The number of nitrogens with zero attached hydrogens (tertiary/aromatic N) is 1. The highest BCUT2D eigenvalue weighted by Gasteiger charge is 2.38. The maximum absolute atomic E-state index is 12.6. The fourth-order valence-corrected chi connectivity index (χ4v) is 2.38. The SMILES string of the molecule is CCC1(C)NC(=O)CCN(Cc2cccc(O)c2)C1=O. The molecule has 1 atom stereocenters. The average molecular weight is 276 g/mol. The number of benzene rings is 1. The highest BCUT2D eigenvalue weighted by molar-refractivity contribution is 5.93. The molecule has 0 spiro atoms. The third-order valence-electron chi connectivity index (χ3n) is 3.77. The van der Waals surface area contributed by atoms with Gasteiger partial charge in [-0.1, -0.05) is 19.1 Å². The van der Waals surface area contributed by atoms with Crippen molar-refractivity contribution in [3.05, 3.63) is 29.8 Å². The Kier molecular flexibility index (Phi) is 3.97. The first kappa shape index (κ1) is 14.4. The Bertz CT molecular complexity index is 530. The molecule has 2 rings (SSSR count). The van der Waals surface area contributed by atoms with Crippen molar-refractivity contribution in [2.45, 2.75) is 38.8 Å². The predicted octanol–water partition coefficient (Wildman–Crippen LogP) is 1.41. The number of hydrogen-bond donors (Lipinski definition) is 2. The molecule has 108 valence electrons. The van der Waals surface area contributed by atoms with Crippen LogP contribution in [-0.4, -0.2) is 33.9 Å². The maximum atomic E-state index is 12.6. The van der Waals surface area contributed by atoms with Gasteiger partial charge >= 0.3 is 0 Å². The fraction of sp³-hybridized carbons (Fsp3) is 0.467. The monoisotopic (exact) mass is 276 g/mol. The zero-order valence-corrected chi connectivity index (χ0v) is 11.8. The fourth-order valence-electron chi connectivity index (χ4n) is 2.38. The number of rotatable bonds is 3. The third-order valence-corrected chi connectivity index (χ3v) is 3.77. The van der Waals surface area contributed by atoms with E-state index in [1.165, 1.54) is 0 Å². The van der Waals surface area contributed by atoms with Crippen molar-refractivity contribution in [3.63, 3.8) is 0 Å². The van der Waals surface area contributed by atoms with E-state index in [0.29, 0.717) is 25.9 Å². The lowest BCUT2D eigenvalue weighted by molar-refractivity contribution is -0.138. The van der Waals surface area contributed by atoms with Crippen molar-refractivity contribution >= 4 is 11.8 Å². The zero-order valence-electron chi connectivity index (χ0n) is 11.8.